The molecule has 3 unspecified atom stereocenters. The lowest BCUT2D eigenvalue weighted by molar-refractivity contribution is -0.299. The van der Waals surface area contributed by atoms with E-state index in [1.54, 1.807) is 32.9 Å². The normalized spacial score (nSPS) is 26.5. The maximum absolute atomic E-state index is 12.8. The smallest absolute Gasteiger partial charge is 0.408 e. The Hall–Kier alpha value is -2.33. The number of carbonyl (C=O) groups excluding carboxylic acids is 1. The molecular formula is C19H26N3O6S-. The molecule has 3 aliphatic rings. The van der Waals surface area contributed by atoms with Gasteiger partial charge in [0.25, 0.3) is 0 Å². The van der Waals surface area contributed by atoms with Gasteiger partial charge in [-0.3, -0.25) is 0 Å². The molecule has 9 nitrogen and oxygen atoms in total. The summed E-state index contributed by atoms with van der Waals surface area (Å²) in [5.74, 6) is 0.681. The third-order valence-electron chi connectivity index (χ3n) is 4.50. The minimum absolute atomic E-state index is 0.190. The number of nitrogens with zero attached hydrogens (tertiary/aromatic N) is 2. The van der Waals surface area contributed by atoms with Crippen LogP contribution in [-0.4, -0.2) is 61.5 Å². The predicted octanol–water partition coefficient (Wildman–Crippen LogP) is 1.63. The average Bonchev–Trinajstić information content (AvgIpc) is 3.19. The van der Waals surface area contributed by atoms with Gasteiger partial charge in [-0.15, -0.1) is 16.9 Å². The second kappa shape index (κ2) is 8.19. The highest BCUT2D eigenvalue weighted by Crippen LogP contribution is 2.44. The van der Waals surface area contributed by atoms with Crippen LogP contribution in [0, 0.1) is 0 Å². The molecule has 0 bridgehead atoms. The molecule has 0 aromatic rings. The van der Waals surface area contributed by atoms with Crippen LogP contribution in [0.3, 0.4) is 0 Å². The number of ether oxygens (including phenoxy) is 4. The SMILES string of the molecule is COC1=NN2C(C3=C(OC)CC(OC)C=C3[O-])=CSC2C1NC(=O)OC(C)(C)C. The van der Waals surface area contributed by atoms with E-state index in [-0.39, 0.29) is 17.2 Å². The summed E-state index contributed by atoms with van der Waals surface area (Å²) >= 11 is 1.43. The maximum Gasteiger partial charge on any atom is 0.408 e. The standard InChI is InChI=1S/C19H27N3O6S/c1-19(2,3)28-18(24)20-15-16(27-6)21-22-11(9-29-17(15)22)14-12(23)7-10(25-4)8-13(14)26-5/h7,9-10,15,17,23H,8H2,1-6H3,(H,20,24)/p-1. The minimum atomic E-state index is -0.626. The van der Waals surface area contributed by atoms with Crippen LogP contribution in [0.5, 0.6) is 0 Å². The van der Waals surface area contributed by atoms with E-state index in [0.717, 1.165) is 0 Å². The molecule has 3 rings (SSSR count). The van der Waals surface area contributed by atoms with Gasteiger partial charge in [0.2, 0.25) is 5.90 Å². The van der Waals surface area contributed by atoms with Gasteiger partial charge in [0.15, 0.2) is 0 Å². The Labute approximate surface area is 174 Å². The highest BCUT2D eigenvalue weighted by molar-refractivity contribution is 8.03. The summed E-state index contributed by atoms with van der Waals surface area (Å²) in [6.07, 6.45) is 1.09. The molecule has 0 radical (unpaired) electrons. The van der Waals surface area contributed by atoms with Crippen molar-refractivity contribution in [3.8, 4) is 0 Å². The lowest BCUT2D eigenvalue weighted by Gasteiger charge is -2.31. The Morgan fingerprint density at radius 2 is 2.03 bits per heavy atom. The van der Waals surface area contributed by atoms with Crippen LogP contribution in [0.2, 0.25) is 0 Å². The number of alkyl carbamates (subject to hydrolysis) is 1. The monoisotopic (exact) mass is 424 g/mol. The van der Waals surface area contributed by atoms with Crippen LogP contribution in [0.15, 0.2) is 39.4 Å². The molecule has 1 aliphatic carbocycles. The number of thioether (sulfide) groups is 1. The van der Waals surface area contributed by atoms with E-state index < -0.39 is 17.7 Å². The first-order chi connectivity index (χ1) is 13.7. The highest BCUT2D eigenvalue weighted by atomic mass is 32.2. The Morgan fingerprint density at radius 1 is 1.31 bits per heavy atom. The van der Waals surface area contributed by atoms with Crippen molar-refractivity contribution in [2.45, 2.75) is 50.3 Å². The van der Waals surface area contributed by atoms with Gasteiger partial charge >= 0.3 is 6.09 Å². The van der Waals surface area contributed by atoms with Gasteiger partial charge in [-0.05, 0) is 26.2 Å². The Bertz CT molecular complexity index is 798. The second-order valence-electron chi connectivity index (χ2n) is 7.65. The fourth-order valence-corrected chi connectivity index (χ4v) is 4.36. The molecule has 3 atom stereocenters. The number of carbonyl (C=O) groups is 1. The van der Waals surface area contributed by atoms with Crippen molar-refractivity contribution in [2.24, 2.45) is 5.10 Å². The Morgan fingerprint density at radius 3 is 2.62 bits per heavy atom. The lowest BCUT2D eigenvalue weighted by atomic mass is 9.98. The number of hydrazone groups is 1. The van der Waals surface area contributed by atoms with Crippen molar-refractivity contribution in [3.05, 3.63) is 34.3 Å². The van der Waals surface area contributed by atoms with Gasteiger partial charge in [0, 0.05) is 19.1 Å². The topological polar surface area (TPSA) is 105 Å². The summed E-state index contributed by atoms with van der Waals surface area (Å²) in [5.41, 5.74) is 0.419. The highest BCUT2D eigenvalue weighted by Gasteiger charge is 2.46. The van der Waals surface area contributed by atoms with Crippen molar-refractivity contribution in [1.29, 1.82) is 0 Å². The van der Waals surface area contributed by atoms with E-state index in [1.807, 2.05) is 5.41 Å². The van der Waals surface area contributed by atoms with Crippen molar-refractivity contribution in [2.75, 3.05) is 21.3 Å². The number of methoxy groups -OCH3 is 3. The van der Waals surface area contributed by atoms with Crippen molar-refractivity contribution < 1.29 is 28.8 Å². The summed E-state index contributed by atoms with van der Waals surface area (Å²) in [5, 5.41) is 23.3. The molecule has 0 spiro atoms. The summed E-state index contributed by atoms with van der Waals surface area (Å²) < 4.78 is 21.5. The van der Waals surface area contributed by atoms with E-state index in [2.05, 4.69) is 10.4 Å². The zero-order valence-corrected chi connectivity index (χ0v) is 18.2. The number of hydrogen-bond acceptors (Lipinski definition) is 9. The minimum Gasteiger partial charge on any atom is -0.872 e. The predicted molar refractivity (Wildman–Crippen MR) is 106 cm³/mol. The maximum atomic E-state index is 12.8. The van der Waals surface area contributed by atoms with Gasteiger partial charge in [-0.1, -0.05) is 11.8 Å². The molecule has 0 saturated heterocycles. The van der Waals surface area contributed by atoms with Crippen LogP contribution in [0.25, 0.3) is 0 Å². The molecule has 0 aromatic carbocycles. The molecule has 0 aromatic heterocycles. The van der Waals surface area contributed by atoms with Gasteiger partial charge in [-0.2, -0.15) is 0 Å². The second-order valence-corrected chi connectivity index (χ2v) is 8.64. The number of nitrogens with one attached hydrogen (secondary N) is 1. The third kappa shape index (κ3) is 4.32. The van der Waals surface area contributed by atoms with E-state index in [4.69, 9.17) is 18.9 Å². The van der Waals surface area contributed by atoms with Crippen molar-refractivity contribution in [3.63, 3.8) is 0 Å². The fraction of sp³-hybridized carbons (Fsp3) is 0.579. The number of hydrogen-bond donors (Lipinski definition) is 1. The van der Waals surface area contributed by atoms with E-state index in [1.165, 1.54) is 32.1 Å². The van der Waals surface area contributed by atoms with Gasteiger partial charge in [0.05, 0.1) is 26.0 Å². The number of amides is 1. The van der Waals surface area contributed by atoms with Crippen LogP contribution in [-0.2, 0) is 18.9 Å². The van der Waals surface area contributed by atoms with Gasteiger partial charge in [-0.25, -0.2) is 9.80 Å². The summed E-state index contributed by atoms with van der Waals surface area (Å²) in [4.78, 5) is 12.3. The fourth-order valence-electron chi connectivity index (χ4n) is 3.25. The van der Waals surface area contributed by atoms with Crippen molar-refractivity contribution >= 4 is 23.8 Å². The quantitative estimate of drug-likeness (QED) is 0.726. The molecule has 0 fully saturated rings. The van der Waals surface area contributed by atoms with E-state index in [9.17, 15) is 9.90 Å². The zero-order chi connectivity index (χ0) is 21.3. The Kier molecular flexibility index (Phi) is 6.04. The molecule has 160 valence electrons. The molecule has 10 heteroatoms. The third-order valence-corrected chi connectivity index (χ3v) is 5.61. The summed E-state index contributed by atoms with van der Waals surface area (Å²) in [7, 11) is 4.57. The van der Waals surface area contributed by atoms with Gasteiger partial charge < -0.3 is 29.4 Å². The Balaban J connectivity index is 1.84. The summed E-state index contributed by atoms with van der Waals surface area (Å²) in [6, 6.07) is -0.533. The average molecular weight is 424 g/mol. The van der Waals surface area contributed by atoms with Crippen LogP contribution in [0.1, 0.15) is 27.2 Å². The van der Waals surface area contributed by atoms with E-state index >= 15 is 0 Å². The first-order valence-electron chi connectivity index (χ1n) is 9.15. The van der Waals surface area contributed by atoms with Crippen LogP contribution < -0.4 is 10.4 Å². The van der Waals surface area contributed by atoms with E-state index in [0.29, 0.717) is 29.3 Å². The molecule has 29 heavy (non-hydrogen) atoms. The van der Waals surface area contributed by atoms with Crippen molar-refractivity contribution in [1.82, 2.24) is 10.3 Å². The molecule has 2 heterocycles. The number of rotatable bonds is 4. The molecule has 2 aliphatic heterocycles. The first kappa shape index (κ1) is 21.4. The first-order valence-corrected chi connectivity index (χ1v) is 10.1. The lowest BCUT2D eigenvalue weighted by Crippen LogP contribution is -2.48. The molecular weight excluding hydrogens is 398 g/mol. The van der Waals surface area contributed by atoms with Gasteiger partial charge in [0.1, 0.15) is 22.8 Å². The van der Waals surface area contributed by atoms with Crippen LogP contribution >= 0.6 is 11.8 Å². The molecule has 1 N–H and O–H groups in total. The van der Waals surface area contributed by atoms with Crippen LogP contribution in [0.4, 0.5) is 4.79 Å². The largest absolute Gasteiger partial charge is 0.872 e. The zero-order valence-electron chi connectivity index (χ0n) is 17.3. The number of fused-ring (bicyclic) bond motifs is 1. The molecule has 1 amide bonds. The summed E-state index contributed by atoms with van der Waals surface area (Å²) in [6.45, 7) is 5.38. The molecule has 0 saturated carbocycles.